The van der Waals surface area contributed by atoms with Crippen LogP contribution in [0, 0.1) is 0 Å². The summed E-state index contributed by atoms with van der Waals surface area (Å²) < 4.78 is 28.5. The van der Waals surface area contributed by atoms with Crippen molar-refractivity contribution in [3.63, 3.8) is 0 Å². The van der Waals surface area contributed by atoms with Crippen LogP contribution in [0.15, 0.2) is 66.0 Å². The Morgan fingerprint density at radius 1 is 1.19 bits per heavy atom. The van der Waals surface area contributed by atoms with Crippen LogP contribution in [-0.2, 0) is 17.1 Å². The van der Waals surface area contributed by atoms with Crippen LogP contribution in [0.5, 0.6) is 0 Å². The van der Waals surface area contributed by atoms with Crippen molar-refractivity contribution in [3.05, 3.63) is 66.6 Å². The number of anilines is 1. The molecule has 0 amide bonds. The van der Waals surface area contributed by atoms with Gasteiger partial charge < -0.3 is 15.0 Å². The van der Waals surface area contributed by atoms with Crippen LogP contribution in [0.1, 0.15) is 11.6 Å². The van der Waals surface area contributed by atoms with Crippen LogP contribution >= 0.6 is 0 Å². The Morgan fingerprint density at radius 3 is 2.52 bits per heavy atom. The fraction of sp³-hybridized carbons (Fsp3) is 0.211. The summed E-state index contributed by atoms with van der Waals surface area (Å²) in [4.78, 5) is 4.50. The van der Waals surface area contributed by atoms with Crippen LogP contribution in [0.2, 0.25) is 0 Å². The molecule has 1 aromatic heterocycles. The van der Waals surface area contributed by atoms with Gasteiger partial charge in [0.25, 0.3) is 0 Å². The molecule has 0 saturated carbocycles. The van der Waals surface area contributed by atoms with Crippen LogP contribution in [0.25, 0.3) is 11.3 Å². The first-order valence-corrected chi connectivity index (χ1v) is 9.91. The van der Waals surface area contributed by atoms with Gasteiger partial charge in [0.2, 0.25) is 10.0 Å². The van der Waals surface area contributed by atoms with E-state index in [0.717, 1.165) is 5.56 Å². The van der Waals surface area contributed by atoms with E-state index in [1.165, 1.54) is 13.1 Å². The summed E-state index contributed by atoms with van der Waals surface area (Å²) in [6.07, 6.45) is 3.46. The van der Waals surface area contributed by atoms with Gasteiger partial charge in [-0.1, -0.05) is 30.3 Å². The number of aromatic nitrogens is 2. The molecule has 3 rings (SSSR count). The van der Waals surface area contributed by atoms with Crippen molar-refractivity contribution >= 4 is 15.7 Å². The van der Waals surface area contributed by atoms with Gasteiger partial charge in [0.05, 0.1) is 29.6 Å². The minimum atomic E-state index is -3.59. The zero-order chi connectivity index (χ0) is 19.4. The average molecular weight is 386 g/mol. The predicted octanol–water partition coefficient (Wildman–Crippen LogP) is 2.14. The molecule has 0 bridgehead atoms. The van der Waals surface area contributed by atoms with Crippen LogP contribution in [0.4, 0.5) is 5.69 Å². The quantitative estimate of drug-likeness (QED) is 0.578. The Morgan fingerprint density at radius 2 is 1.93 bits per heavy atom. The van der Waals surface area contributed by atoms with Gasteiger partial charge in [-0.15, -0.1) is 0 Å². The number of hydrogen-bond donors (Lipinski definition) is 3. The van der Waals surface area contributed by atoms with Crippen molar-refractivity contribution in [2.45, 2.75) is 10.9 Å². The first-order valence-electron chi connectivity index (χ1n) is 8.43. The average Bonchev–Trinajstić information content (AvgIpc) is 3.13. The molecule has 2 aromatic carbocycles. The number of aliphatic hydroxyl groups excluding tert-OH is 1. The van der Waals surface area contributed by atoms with E-state index < -0.39 is 10.0 Å². The molecule has 0 aliphatic carbocycles. The number of imidazole rings is 1. The third kappa shape index (κ3) is 4.19. The smallest absolute Gasteiger partial charge is 0.240 e. The van der Waals surface area contributed by atoms with Gasteiger partial charge in [0, 0.05) is 24.5 Å². The standard InChI is InChI=1S/C19H22N4O3S/c1-20-27(25,26)15-8-9-17(16(10-15)18-11-23(2)13-21-18)22-19(12-24)14-6-4-3-5-7-14/h3-11,13,19-20,22,24H,12H2,1-2H3/t19-/m1/s1. The van der Waals surface area contributed by atoms with Gasteiger partial charge in [-0.3, -0.25) is 0 Å². The summed E-state index contributed by atoms with van der Waals surface area (Å²) >= 11 is 0. The Labute approximate surface area is 158 Å². The van der Waals surface area contributed by atoms with Crippen LogP contribution < -0.4 is 10.0 Å². The maximum Gasteiger partial charge on any atom is 0.240 e. The van der Waals surface area contributed by atoms with Gasteiger partial charge in [-0.05, 0) is 30.8 Å². The van der Waals surface area contributed by atoms with E-state index in [2.05, 4.69) is 15.0 Å². The van der Waals surface area contributed by atoms with E-state index in [-0.39, 0.29) is 17.5 Å². The molecule has 0 fully saturated rings. The van der Waals surface area contributed by atoms with Crippen molar-refractivity contribution in [1.29, 1.82) is 0 Å². The molecular formula is C19H22N4O3S. The van der Waals surface area contributed by atoms with Crippen LogP contribution in [0.3, 0.4) is 0 Å². The van der Waals surface area contributed by atoms with Crippen molar-refractivity contribution < 1.29 is 13.5 Å². The Balaban J connectivity index is 2.06. The van der Waals surface area contributed by atoms with E-state index in [4.69, 9.17) is 0 Å². The topological polar surface area (TPSA) is 96.3 Å². The number of sulfonamides is 1. The highest BCUT2D eigenvalue weighted by molar-refractivity contribution is 7.89. The van der Waals surface area contributed by atoms with Crippen molar-refractivity contribution in [3.8, 4) is 11.3 Å². The second-order valence-corrected chi connectivity index (χ2v) is 8.02. The van der Waals surface area contributed by atoms with Gasteiger partial charge in [0.15, 0.2) is 0 Å². The Kier molecular flexibility index (Phi) is 5.59. The number of benzene rings is 2. The van der Waals surface area contributed by atoms with E-state index >= 15 is 0 Å². The fourth-order valence-electron chi connectivity index (χ4n) is 2.81. The van der Waals surface area contributed by atoms with E-state index in [9.17, 15) is 13.5 Å². The SMILES string of the molecule is CNS(=O)(=O)c1ccc(N[C@H](CO)c2ccccc2)c(-c2cn(C)cn2)c1. The molecule has 0 spiro atoms. The van der Waals surface area contributed by atoms with E-state index in [1.54, 1.807) is 23.0 Å². The predicted molar refractivity (Wildman–Crippen MR) is 105 cm³/mol. The summed E-state index contributed by atoms with van der Waals surface area (Å²) in [5.41, 5.74) is 2.89. The minimum Gasteiger partial charge on any atom is -0.394 e. The van der Waals surface area contributed by atoms with Gasteiger partial charge in [-0.25, -0.2) is 18.1 Å². The van der Waals surface area contributed by atoms with Gasteiger partial charge in [-0.2, -0.15) is 0 Å². The van der Waals surface area contributed by atoms with Gasteiger partial charge in [0.1, 0.15) is 0 Å². The normalized spacial score (nSPS) is 12.7. The lowest BCUT2D eigenvalue weighted by Crippen LogP contribution is -2.19. The summed E-state index contributed by atoms with van der Waals surface area (Å²) in [5.74, 6) is 0. The second-order valence-electron chi connectivity index (χ2n) is 6.13. The first-order chi connectivity index (χ1) is 12.9. The molecule has 1 atom stereocenters. The third-order valence-corrected chi connectivity index (χ3v) is 5.68. The van der Waals surface area contributed by atoms with Gasteiger partial charge >= 0.3 is 0 Å². The monoisotopic (exact) mass is 386 g/mol. The molecule has 0 aliphatic rings. The molecule has 3 N–H and O–H groups in total. The zero-order valence-electron chi connectivity index (χ0n) is 15.1. The lowest BCUT2D eigenvalue weighted by atomic mass is 10.1. The minimum absolute atomic E-state index is 0.109. The number of hydrogen-bond acceptors (Lipinski definition) is 5. The highest BCUT2D eigenvalue weighted by Gasteiger charge is 2.18. The molecular weight excluding hydrogens is 364 g/mol. The summed E-state index contributed by atoms with van der Waals surface area (Å²) in [5, 5.41) is 13.1. The molecule has 27 heavy (non-hydrogen) atoms. The Hall–Kier alpha value is -2.68. The number of nitrogens with zero attached hydrogens (tertiary/aromatic N) is 2. The number of nitrogens with one attached hydrogen (secondary N) is 2. The second kappa shape index (κ2) is 7.91. The summed E-state index contributed by atoms with van der Waals surface area (Å²) in [7, 11) is -0.367. The summed E-state index contributed by atoms with van der Waals surface area (Å²) in [6, 6.07) is 14.0. The molecule has 8 heteroatoms. The summed E-state index contributed by atoms with van der Waals surface area (Å²) in [6.45, 7) is -0.109. The van der Waals surface area contributed by atoms with Crippen molar-refractivity contribution in [2.24, 2.45) is 7.05 Å². The van der Waals surface area contributed by atoms with Crippen molar-refractivity contribution in [2.75, 3.05) is 19.0 Å². The molecule has 0 unspecified atom stereocenters. The first kappa shape index (κ1) is 19.1. The molecule has 7 nitrogen and oxygen atoms in total. The maximum atomic E-state index is 12.2. The number of rotatable bonds is 7. The van der Waals surface area contributed by atoms with Crippen molar-refractivity contribution in [1.82, 2.24) is 14.3 Å². The molecule has 0 aliphatic heterocycles. The molecule has 1 heterocycles. The fourth-order valence-corrected chi connectivity index (χ4v) is 3.56. The third-order valence-electron chi connectivity index (χ3n) is 4.27. The van der Waals surface area contributed by atoms with E-state index in [1.807, 2.05) is 43.6 Å². The van der Waals surface area contributed by atoms with Crippen LogP contribution in [-0.4, -0.2) is 36.7 Å². The maximum absolute atomic E-state index is 12.2. The molecule has 3 aromatic rings. The Bertz CT molecular complexity index is 1020. The number of aryl methyl sites for hydroxylation is 1. The highest BCUT2D eigenvalue weighted by Crippen LogP contribution is 2.32. The highest BCUT2D eigenvalue weighted by atomic mass is 32.2. The zero-order valence-corrected chi connectivity index (χ0v) is 15.9. The lowest BCUT2D eigenvalue weighted by Gasteiger charge is -2.20. The lowest BCUT2D eigenvalue weighted by molar-refractivity contribution is 0.276. The largest absolute Gasteiger partial charge is 0.394 e. The van der Waals surface area contributed by atoms with E-state index in [0.29, 0.717) is 16.9 Å². The molecule has 0 radical (unpaired) electrons. The number of aliphatic hydroxyl groups is 1. The molecule has 0 saturated heterocycles. The molecule has 142 valence electrons.